The van der Waals surface area contributed by atoms with Crippen LogP contribution in [-0.4, -0.2) is 22.3 Å². The molecule has 0 spiro atoms. The number of hydrogen-bond acceptors (Lipinski definition) is 2. The minimum atomic E-state index is 0.246. The topological polar surface area (TPSA) is 33.2 Å². The van der Waals surface area contributed by atoms with Gasteiger partial charge in [-0.1, -0.05) is 25.4 Å². The summed E-state index contributed by atoms with van der Waals surface area (Å²) in [7, 11) is 0. The second-order valence-electron chi connectivity index (χ2n) is 5.93. The molecular weight excluding hydrogens is 284 g/mol. The summed E-state index contributed by atoms with van der Waals surface area (Å²) in [5.74, 6) is 0.609. The van der Waals surface area contributed by atoms with E-state index in [0.29, 0.717) is 18.9 Å². The van der Waals surface area contributed by atoms with Crippen molar-refractivity contribution in [2.75, 3.05) is 6.54 Å². The first-order chi connectivity index (χ1) is 10.1. The van der Waals surface area contributed by atoms with Crippen LogP contribution in [0, 0.1) is 0 Å². The van der Waals surface area contributed by atoms with Crippen molar-refractivity contribution < 1.29 is 4.79 Å². The van der Waals surface area contributed by atoms with Crippen molar-refractivity contribution in [3.63, 3.8) is 0 Å². The van der Waals surface area contributed by atoms with Crippen LogP contribution in [0.2, 0.25) is 5.02 Å². The number of likely N-dealkylation sites (tertiary alicyclic amines) is 1. The highest BCUT2D eigenvalue weighted by Crippen LogP contribution is 2.31. The van der Waals surface area contributed by atoms with Crippen LogP contribution in [-0.2, 0) is 11.3 Å². The van der Waals surface area contributed by atoms with E-state index < -0.39 is 0 Å². The molecule has 1 aromatic heterocycles. The maximum Gasteiger partial charge on any atom is 0.222 e. The van der Waals surface area contributed by atoms with Crippen molar-refractivity contribution in [3.05, 3.63) is 40.5 Å². The van der Waals surface area contributed by atoms with Crippen molar-refractivity contribution in [2.45, 2.75) is 39.2 Å². The fourth-order valence-electron chi connectivity index (χ4n) is 3.11. The van der Waals surface area contributed by atoms with E-state index in [4.69, 9.17) is 11.6 Å². The fourth-order valence-corrected chi connectivity index (χ4v) is 3.28. The molecule has 1 amide bonds. The predicted molar refractivity (Wildman–Crippen MR) is 85.5 cm³/mol. The number of carbonyl (C=O) groups excluding carboxylic acids is 1. The Morgan fingerprint density at radius 3 is 2.86 bits per heavy atom. The van der Waals surface area contributed by atoms with Gasteiger partial charge in [-0.25, -0.2) is 0 Å². The molecule has 0 radical (unpaired) electrons. The second-order valence-corrected chi connectivity index (χ2v) is 6.37. The van der Waals surface area contributed by atoms with Gasteiger partial charge >= 0.3 is 0 Å². The Labute approximate surface area is 129 Å². The van der Waals surface area contributed by atoms with E-state index in [-0.39, 0.29) is 5.91 Å². The predicted octanol–water partition coefficient (Wildman–Crippen LogP) is 4.13. The van der Waals surface area contributed by atoms with Gasteiger partial charge in [0.25, 0.3) is 0 Å². The standard InChI is InChI=1S/C17H19ClN2O/c1-11(2)17-12(10-20-7-3-4-16(20)21)9-19-15-6-5-13(18)8-14(15)17/h5-6,8-9,11H,3-4,7,10H2,1-2H3. The fraction of sp³-hybridized carbons (Fsp3) is 0.412. The normalized spacial score (nSPS) is 15.4. The third-order valence-corrected chi connectivity index (χ3v) is 4.30. The Kier molecular flexibility index (Phi) is 3.85. The largest absolute Gasteiger partial charge is 0.338 e. The molecule has 21 heavy (non-hydrogen) atoms. The summed E-state index contributed by atoms with van der Waals surface area (Å²) < 4.78 is 0. The number of carbonyl (C=O) groups is 1. The van der Waals surface area contributed by atoms with Crippen LogP contribution in [0.4, 0.5) is 0 Å². The molecule has 2 heterocycles. The Morgan fingerprint density at radius 1 is 1.38 bits per heavy atom. The lowest BCUT2D eigenvalue weighted by Gasteiger charge is -2.21. The molecule has 1 fully saturated rings. The lowest BCUT2D eigenvalue weighted by Crippen LogP contribution is -2.24. The van der Waals surface area contributed by atoms with E-state index in [0.717, 1.165) is 34.5 Å². The first kappa shape index (κ1) is 14.3. The summed E-state index contributed by atoms with van der Waals surface area (Å²) in [5.41, 5.74) is 3.34. The van der Waals surface area contributed by atoms with Crippen molar-refractivity contribution in [3.8, 4) is 0 Å². The van der Waals surface area contributed by atoms with Crippen LogP contribution >= 0.6 is 11.6 Å². The molecule has 3 rings (SSSR count). The SMILES string of the molecule is CC(C)c1c(CN2CCCC2=O)cnc2ccc(Cl)cc12. The van der Waals surface area contributed by atoms with E-state index in [1.165, 1.54) is 5.56 Å². The zero-order chi connectivity index (χ0) is 15.0. The molecule has 0 bridgehead atoms. The zero-order valence-electron chi connectivity index (χ0n) is 12.4. The van der Waals surface area contributed by atoms with E-state index in [1.54, 1.807) is 0 Å². The molecule has 1 saturated heterocycles. The van der Waals surface area contributed by atoms with Crippen molar-refractivity contribution >= 4 is 28.4 Å². The number of fused-ring (bicyclic) bond motifs is 1. The summed E-state index contributed by atoms with van der Waals surface area (Å²) in [4.78, 5) is 18.3. The molecule has 1 aliphatic rings. The lowest BCUT2D eigenvalue weighted by molar-refractivity contribution is -0.128. The first-order valence-corrected chi connectivity index (χ1v) is 7.79. The van der Waals surface area contributed by atoms with E-state index >= 15 is 0 Å². The van der Waals surface area contributed by atoms with Gasteiger partial charge in [0.05, 0.1) is 5.52 Å². The Morgan fingerprint density at radius 2 is 2.19 bits per heavy atom. The molecular formula is C17H19ClN2O. The number of benzene rings is 1. The molecule has 0 atom stereocenters. The molecule has 110 valence electrons. The van der Waals surface area contributed by atoms with Gasteiger partial charge in [-0.2, -0.15) is 0 Å². The van der Waals surface area contributed by atoms with Gasteiger partial charge in [-0.05, 0) is 41.7 Å². The molecule has 1 aliphatic heterocycles. The van der Waals surface area contributed by atoms with Gasteiger partial charge in [0.2, 0.25) is 5.91 Å². The van der Waals surface area contributed by atoms with Crippen molar-refractivity contribution in [1.82, 2.24) is 9.88 Å². The monoisotopic (exact) mass is 302 g/mol. The van der Waals surface area contributed by atoms with E-state index in [1.807, 2.05) is 29.3 Å². The maximum atomic E-state index is 11.9. The highest BCUT2D eigenvalue weighted by molar-refractivity contribution is 6.31. The third-order valence-electron chi connectivity index (χ3n) is 4.06. The molecule has 3 nitrogen and oxygen atoms in total. The van der Waals surface area contributed by atoms with Crippen LogP contribution in [0.1, 0.15) is 43.7 Å². The first-order valence-electron chi connectivity index (χ1n) is 7.41. The van der Waals surface area contributed by atoms with Gasteiger partial charge < -0.3 is 4.90 Å². The van der Waals surface area contributed by atoms with Crippen LogP contribution < -0.4 is 0 Å². The third kappa shape index (κ3) is 2.75. The summed E-state index contributed by atoms with van der Waals surface area (Å²) in [6.45, 7) is 5.85. The average Bonchev–Trinajstić information content (AvgIpc) is 2.83. The van der Waals surface area contributed by atoms with Crippen LogP contribution in [0.5, 0.6) is 0 Å². The molecule has 0 saturated carbocycles. The summed E-state index contributed by atoms with van der Waals surface area (Å²) in [5, 5.41) is 1.82. The number of aromatic nitrogens is 1. The maximum absolute atomic E-state index is 11.9. The van der Waals surface area contributed by atoms with Gasteiger partial charge in [0, 0.05) is 36.1 Å². The molecule has 0 aliphatic carbocycles. The molecule has 0 unspecified atom stereocenters. The summed E-state index contributed by atoms with van der Waals surface area (Å²) in [6, 6.07) is 5.80. The number of pyridine rings is 1. The van der Waals surface area contributed by atoms with Crippen LogP contribution in [0.3, 0.4) is 0 Å². The molecule has 1 aromatic carbocycles. The average molecular weight is 303 g/mol. The second kappa shape index (κ2) is 5.64. The number of halogens is 1. The smallest absolute Gasteiger partial charge is 0.222 e. The zero-order valence-corrected chi connectivity index (χ0v) is 13.2. The lowest BCUT2D eigenvalue weighted by atomic mass is 9.94. The number of amides is 1. The van der Waals surface area contributed by atoms with E-state index in [9.17, 15) is 4.79 Å². The Hall–Kier alpha value is -1.61. The van der Waals surface area contributed by atoms with Gasteiger partial charge in [-0.15, -0.1) is 0 Å². The Bertz CT molecular complexity index is 696. The highest BCUT2D eigenvalue weighted by atomic mass is 35.5. The van der Waals surface area contributed by atoms with Gasteiger partial charge in [0.1, 0.15) is 0 Å². The molecule has 4 heteroatoms. The van der Waals surface area contributed by atoms with Gasteiger partial charge in [0.15, 0.2) is 0 Å². The number of hydrogen-bond donors (Lipinski definition) is 0. The van der Waals surface area contributed by atoms with Crippen molar-refractivity contribution in [1.29, 1.82) is 0 Å². The van der Waals surface area contributed by atoms with E-state index in [2.05, 4.69) is 18.8 Å². The molecule has 0 N–H and O–H groups in total. The molecule has 2 aromatic rings. The van der Waals surface area contributed by atoms with Crippen molar-refractivity contribution in [2.24, 2.45) is 0 Å². The number of rotatable bonds is 3. The van der Waals surface area contributed by atoms with Crippen LogP contribution in [0.15, 0.2) is 24.4 Å². The highest BCUT2D eigenvalue weighted by Gasteiger charge is 2.22. The number of nitrogens with zero attached hydrogens (tertiary/aromatic N) is 2. The Balaban J connectivity index is 2.09. The van der Waals surface area contributed by atoms with Crippen LogP contribution in [0.25, 0.3) is 10.9 Å². The van der Waals surface area contributed by atoms with Gasteiger partial charge in [-0.3, -0.25) is 9.78 Å². The summed E-state index contributed by atoms with van der Waals surface area (Å²) in [6.07, 6.45) is 3.55. The minimum absolute atomic E-state index is 0.246. The minimum Gasteiger partial charge on any atom is -0.338 e. The quantitative estimate of drug-likeness (QED) is 0.854. The summed E-state index contributed by atoms with van der Waals surface area (Å²) >= 11 is 6.15.